The fraction of sp³-hybridized carbons (Fsp3) is 0.400. The lowest BCUT2D eigenvalue weighted by Crippen LogP contribution is -2.33. The number of carboxylic acid groups (broad SMARTS) is 1. The quantitative estimate of drug-likeness (QED) is 0.849. The number of carbonyl (C=O) groups is 1. The van der Waals surface area contributed by atoms with Crippen molar-refractivity contribution in [3.8, 4) is 0 Å². The second kappa shape index (κ2) is 6.48. The van der Waals surface area contributed by atoms with Gasteiger partial charge in [-0.25, -0.2) is 4.79 Å². The number of hydrogen-bond donors (Lipinski definition) is 1. The predicted molar refractivity (Wildman–Crippen MR) is 71.6 cm³/mol. The third-order valence-electron chi connectivity index (χ3n) is 3.52. The Balaban J connectivity index is 1.81. The van der Waals surface area contributed by atoms with Crippen molar-refractivity contribution in [3.63, 3.8) is 0 Å². The molecule has 0 bridgehead atoms. The first kappa shape index (κ1) is 13.7. The summed E-state index contributed by atoms with van der Waals surface area (Å²) in [5.74, 6) is -2.39. The molecule has 0 aromatic heterocycles. The van der Waals surface area contributed by atoms with E-state index in [9.17, 15) is 9.18 Å². The molecule has 0 radical (unpaired) electrons. The van der Waals surface area contributed by atoms with Crippen LogP contribution in [0.3, 0.4) is 0 Å². The average molecular weight is 263 g/mol. The molecule has 1 N–H and O–H groups in total. The zero-order valence-corrected chi connectivity index (χ0v) is 10.8. The van der Waals surface area contributed by atoms with Crippen molar-refractivity contribution in [3.05, 3.63) is 47.3 Å². The number of hydrogen-bond acceptors (Lipinski definition) is 2. The fourth-order valence-corrected chi connectivity index (χ4v) is 2.35. The molecule has 0 unspecified atom stereocenters. The Labute approximate surface area is 112 Å². The minimum Gasteiger partial charge on any atom is -0.476 e. The van der Waals surface area contributed by atoms with Crippen molar-refractivity contribution in [1.82, 2.24) is 4.90 Å². The third-order valence-corrected chi connectivity index (χ3v) is 3.52. The Kier molecular flexibility index (Phi) is 4.68. The second-order valence-electron chi connectivity index (χ2n) is 4.80. The van der Waals surface area contributed by atoms with Gasteiger partial charge in [-0.1, -0.05) is 30.3 Å². The van der Waals surface area contributed by atoms with Gasteiger partial charge in [0.15, 0.2) is 0 Å². The summed E-state index contributed by atoms with van der Waals surface area (Å²) < 4.78 is 13.3. The molecule has 102 valence electrons. The average Bonchev–Trinajstić information content (AvgIpc) is 2.46. The van der Waals surface area contributed by atoms with E-state index in [4.69, 9.17) is 5.11 Å². The molecule has 0 amide bonds. The largest absolute Gasteiger partial charge is 0.476 e. The van der Waals surface area contributed by atoms with Gasteiger partial charge in [-0.15, -0.1) is 0 Å². The van der Waals surface area contributed by atoms with Gasteiger partial charge < -0.3 is 10.0 Å². The van der Waals surface area contributed by atoms with E-state index in [-0.39, 0.29) is 0 Å². The highest BCUT2D eigenvalue weighted by molar-refractivity contribution is 5.84. The predicted octanol–water partition coefficient (Wildman–Crippen LogP) is 2.63. The number of halogens is 1. The molecule has 0 atom stereocenters. The molecule has 2 rings (SSSR count). The number of carboxylic acids is 1. The third kappa shape index (κ3) is 3.89. The van der Waals surface area contributed by atoms with Gasteiger partial charge in [-0.2, -0.15) is 4.39 Å². The van der Waals surface area contributed by atoms with Crippen LogP contribution in [0.15, 0.2) is 41.7 Å². The van der Waals surface area contributed by atoms with E-state index in [1.54, 1.807) is 0 Å². The van der Waals surface area contributed by atoms with E-state index >= 15 is 0 Å². The Morgan fingerprint density at radius 2 is 1.84 bits per heavy atom. The van der Waals surface area contributed by atoms with E-state index in [1.807, 2.05) is 18.2 Å². The molecular weight excluding hydrogens is 245 g/mol. The number of rotatable bonds is 4. The van der Waals surface area contributed by atoms with Crippen LogP contribution in [-0.4, -0.2) is 35.6 Å². The lowest BCUT2D eigenvalue weighted by Gasteiger charge is -2.28. The molecule has 1 fully saturated rings. The van der Waals surface area contributed by atoms with Crippen LogP contribution in [0.1, 0.15) is 18.4 Å². The fourth-order valence-electron chi connectivity index (χ4n) is 2.35. The zero-order chi connectivity index (χ0) is 13.7. The molecule has 1 saturated heterocycles. The molecule has 1 aromatic carbocycles. The summed E-state index contributed by atoms with van der Waals surface area (Å²) in [5, 5.41) is 8.61. The number of aliphatic carboxylic acids is 1. The first-order valence-electron chi connectivity index (χ1n) is 6.54. The van der Waals surface area contributed by atoms with Crippen LogP contribution in [0.4, 0.5) is 4.39 Å². The molecule has 1 heterocycles. The summed E-state index contributed by atoms with van der Waals surface area (Å²) in [5.41, 5.74) is 1.74. The van der Waals surface area contributed by atoms with E-state index in [0.717, 1.165) is 26.1 Å². The normalized spacial score (nSPS) is 16.4. The van der Waals surface area contributed by atoms with E-state index in [0.29, 0.717) is 18.4 Å². The summed E-state index contributed by atoms with van der Waals surface area (Å²) in [7, 11) is 0. The number of benzene rings is 1. The van der Waals surface area contributed by atoms with E-state index in [2.05, 4.69) is 17.0 Å². The molecule has 1 aliphatic heterocycles. The van der Waals surface area contributed by atoms with Crippen LogP contribution in [0, 0.1) is 0 Å². The summed E-state index contributed by atoms with van der Waals surface area (Å²) in [6.07, 6.45) is 2.02. The van der Waals surface area contributed by atoms with Crippen LogP contribution >= 0.6 is 0 Å². The van der Waals surface area contributed by atoms with E-state index in [1.165, 1.54) is 5.56 Å². The summed E-state index contributed by atoms with van der Waals surface area (Å²) >= 11 is 0. The van der Waals surface area contributed by atoms with Gasteiger partial charge in [0.25, 0.3) is 0 Å². The van der Waals surface area contributed by atoms with Gasteiger partial charge in [0.1, 0.15) is 0 Å². The van der Waals surface area contributed by atoms with Gasteiger partial charge >= 0.3 is 5.97 Å². The van der Waals surface area contributed by atoms with Gasteiger partial charge in [0, 0.05) is 19.6 Å². The molecule has 0 spiro atoms. The van der Waals surface area contributed by atoms with Gasteiger partial charge in [0.2, 0.25) is 5.83 Å². The second-order valence-corrected chi connectivity index (χ2v) is 4.80. The standard InChI is InChI=1S/C15H18FNO2/c16-14(15(18)19)13-7-10-17(11-8-13)9-6-12-4-2-1-3-5-12/h1-5H,6-11H2,(H,18,19). The molecular formula is C15H18FNO2. The highest BCUT2D eigenvalue weighted by Gasteiger charge is 2.20. The maximum Gasteiger partial charge on any atom is 0.364 e. The van der Waals surface area contributed by atoms with Crippen molar-refractivity contribution < 1.29 is 14.3 Å². The number of piperidine rings is 1. The molecule has 0 aliphatic carbocycles. The van der Waals surface area contributed by atoms with Crippen molar-refractivity contribution in [2.75, 3.05) is 19.6 Å². The Bertz CT molecular complexity index is 460. The van der Waals surface area contributed by atoms with Crippen LogP contribution in [0.5, 0.6) is 0 Å². The maximum atomic E-state index is 13.3. The molecule has 1 aliphatic rings. The summed E-state index contributed by atoms with van der Waals surface area (Å²) in [4.78, 5) is 12.8. The smallest absolute Gasteiger partial charge is 0.364 e. The van der Waals surface area contributed by atoms with Crippen LogP contribution < -0.4 is 0 Å². The first-order valence-corrected chi connectivity index (χ1v) is 6.54. The summed E-state index contributed by atoms with van der Waals surface area (Å²) in [6.45, 7) is 2.41. The van der Waals surface area contributed by atoms with Crippen molar-refractivity contribution >= 4 is 5.97 Å². The van der Waals surface area contributed by atoms with Crippen LogP contribution in [-0.2, 0) is 11.2 Å². The monoisotopic (exact) mass is 263 g/mol. The number of likely N-dealkylation sites (tertiary alicyclic amines) is 1. The Morgan fingerprint density at radius 1 is 1.21 bits per heavy atom. The Morgan fingerprint density at radius 3 is 2.42 bits per heavy atom. The van der Waals surface area contributed by atoms with Gasteiger partial charge in [0.05, 0.1) is 0 Å². The Hall–Kier alpha value is -1.68. The van der Waals surface area contributed by atoms with Gasteiger partial charge in [-0.05, 0) is 30.4 Å². The summed E-state index contributed by atoms with van der Waals surface area (Å²) in [6, 6.07) is 10.2. The molecule has 0 saturated carbocycles. The molecule has 1 aromatic rings. The van der Waals surface area contributed by atoms with Crippen molar-refractivity contribution in [1.29, 1.82) is 0 Å². The van der Waals surface area contributed by atoms with E-state index < -0.39 is 11.8 Å². The lowest BCUT2D eigenvalue weighted by molar-refractivity contribution is -0.134. The SMILES string of the molecule is O=C(O)C(F)=C1CCN(CCc2ccccc2)CC1. The first-order chi connectivity index (χ1) is 9.16. The highest BCUT2D eigenvalue weighted by atomic mass is 19.1. The van der Waals surface area contributed by atoms with Crippen molar-refractivity contribution in [2.45, 2.75) is 19.3 Å². The minimum absolute atomic E-state index is 0.448. The van der Waals surface area contributed by atoms with Crippen molar-refractivity contribution in [2.24, 2.45) is 0 Å². The number of nitrogens with zero attached hydrogens (tertiary/aromatic N) is 1. The molecule has 3 nitrogen and oxygen atoms in total. The minimum atomic E-state index is -1.44. The molecule has 4 heteroatoms. The molecule has 19 heavy (non-hydrogen) atoms. The zero-order valence-electron chi connectivity index (χ0n) is 10.8. The maximum absolute atomic E-state index is 13.3. The van der Waals surface area contributed by atoms with Crippen LogP contribution in [0.25, 0.3) is 0 Å². The highest BCUT2D eigenvalue weighted by Crippen LogP contribution is 2.21. The topological polar surface area (TPSA) is 40.5 Å². The van der Waals surface area contributed by atoms with Crippen LogP contribution in [0.2, 0.25) is 0 Å². The lowest BCUT2D eigenvalue weighted by atomic mass is 10.0. The van der Waals surface area contributed by atoms with Gasteiger partial charge in [-0.3, -0.25) is 0 Å².